The summed E-state index contributed by atoms with van der Waals surface area (Å²) in [5.41, 5.74) is 1.51. The quantitative estimate of drug-likeness (QED) is 0.689. The summed E-state index contributed by atoms with van der Waals surface area (Å²) in [6.07, 6.45) is 0. The van der Waals surface area contributed by atoms with Gasteiger partial charge in [-0.1, -0.05) is 34.1 Å². The second-order valence-electron chi connectivity index (χ2n) is 4.30. The van der Waals surface area contributed by atoms with Gasteiger partial charge < -0.3 is 0 Å². The Hall–Kier alpha value is -1.94. The second-order valence-corrected chi connectivity index (χ2v) is 5.21. The van der Waals surface area contributed by atoms with Gasteiger partial charge in [0.2, 0.25) is 0 Å². The van der Waals surface area contributed by atoms with Gasteiger partial charge in [0.1, 0.15) is 5.82 Å². The summed E-state index contributed by atoms with van der Waals surface area (Å²) >= 11 is 3.39. The van der Waals surface area contributed by atoms with E-state index in [0.717, 1.165) is 15.7 Å². The SMILES string of the molecule is Cc1nc2ccc(Br)cc2c(=O)n1-c1ccccc1. The molecule has 94 valence electrons. The summed E-state index contributed by atoms with van der Waals surface area (Å²) in [5, 5.41) is 0.615. The van der Waals surface area contributed by atoms with E-state index < -0.39 is 0 Å². The molecule has 0 aliphatic heterocycles. The fourth-order valence-electron chi connectivity index (χ4n) is 2.15. The number of aryl methyl sites for hydroxylation is 1. The molecule has 1 heterocycles. The zero-order valence-corrected chi connectivity index (χ0v) is 11.9. The van der Waals surface area contributed by atoms with Crippen LogP contribution < -0.4 is 5.56 Å². The molecule has 4 heteroatoms. The molecule has 0 saturated carbocycles. The van der Waals surface area contributed by atoms with E-state index in [4.69, 9.17) is 0 Å². The Labute approximate surface area is 118 Å². The zero-order valence-electron chi connectivity index (χ0n) is 10.3. The van der Waals surface area contributed by atoms with Crippen molar-refractivity contribution in [3.8, 4) is 5.69 Å². The molecule has 3 aromatic rings. The average Bonchev–Trinajstić information content (AvgIpc) is 2.41. The minimum absolute atomic E-state index is 0.0463. The van der Waals surface area contributed by atoms with E-state index in [2.05, 4.69) is 20.9 Å². The number of hydrogen-bond acceptors (Lipinski definition) is 2. The Morgan fingerprint density at radius 3 is 2.58 bits per heavy atom. The lowest BCUT2D eigenvalue weighted by Gasteiger charge is -2.10. The highest BCUT2D eigenvalue weighted by molar-refractivity contribution is 9.10. The van der Waals surface area contributed by atoms with Crippen molar-refractivity contribution in [1.82, 2.24) is 9.55 Å². The first-order valence-electron chi connectivity index (χ1n) is 5.91. The minimum Gasteiger partial charge on any atom is -0.268 e. The number of rotatable bonds is 1. The molecule has 0 saturated heterocycles. The number of benzene rings is 2. The van der Waals surface area contributed by atoms with Gasteiger partial charge in [-0.2, -0.15) is 0 Å². The van der Waals surface area contributed by atoms with Gasteiger partial charge in [-0.25, -0.2) is 4.98 Å². The van der Waals surface area contributed by atoms with Crippen LogP contribution in [-0.4, -0.2) is 9.55 Å². The summed E-state index contributed by atoms with van der Waals surface area (Å²) in [6.45, 7) is 1.84. The Balaban J connectivity index is 2.41. The largest absolute Gasteiger partial charge is 0.268 e. The van der Waals surface area contributed by atoms with Crippen molar-refractivity contribution in [2.75, 3.05) is 0 Å². The van der Waals surface area contributed by atoms with Crippen molar-refractivity contribution < 1.29 is 0 Å². The number of para-hydroxylation sites is 1. The van der Waals surface area contributed by atoms with Gasteiger partial charge in [0, 0.05) is 4.47 Å². The van der Waals surface area contributed by atoms with E-state index in [0.29, 0.717) is 11.2 Å². The van der Waals surface area contributed by atoms with E-state index in [-0.39, 0.29) is 5.56 Å². The highest BCUT2D eigenvalue weighted by atomic mass is 79.9. The van der Waals surface area contributed by atoms with Crippen molar-refractivity contribution >= 4 is 26.8 Å². The fourth-order valence-corrected chi connectivity index (χ4v) is 2.51. The van der Waals surface area contributed by atoms with Crippen LogP contribution in [0.5, 0.6) is 0 Å². The number of aromatic nitrogens is 2. The lowest BCUT2D eigenvalue weighted by Crippen LogP contribution is -2.22. The van der Waals surface area contributed by atoms with Crippen LogP contribution in [0.25, 0.3) is 16.6 Å². The smallest absolute Gasteiger partial charge is 0.265 e. The maximum Gasteiger partial charge on any atom is 0.265 e. The van der Waals surface area contributed by atoms with Gasteiger partial charge in [-0.15, -0.1) is 0 Å². The number of fused-ring (bicyclic) bond motifs is 1. The summed E-state index contributed by atoms with van der Waals surface area (Å²) in [6, 6.07) is 15.1. The van der Waals surface area contributed by atoms with Crippen LogP contribution in [0.4, 0.5) is 0 Å². The van der Waals surface area contributed by atoms with E-state index in [1.54, 1.807) is 4.57 Å². The van der Waals surface area contributed by atoms with Crippen molar-refractivity contribution in [3.05, 3.63) is 69.2 Å². The van der Waals surface area contributed by atoms with Crippen molar-refractivity contribution in [3.63, 3.8) is 0 Å². The van der Waals surface area contributed by atoms with Crippen LogP contribution in [0.1, 0.15) is 5.82 Å². The van der Waals surface area contributed by atoms with Gasteiger partial charge in [0.05, 0.1) is 16.6 Å². The third-order valence-corrected chi connectivity index (χ3v) is 3.51. The monoisotopic (exact) mass is 314 g/mol. The molecule has 0 aliphatic carbocycles. The van der Waals surface area contributed by atoms with Gasteiger partial charge in [0.15, 0.2) is 0 Å². The average molecular weight is 315 g/mol. The molecule has 0 bridgehead atoms. The third-order valence-electron chi connectivity index (χ3n) is 3.01. The number of halogens is 1. The Bertz CT molecular complexity index is 809. The third kappa shape index (κ3) is 2.08. The van der Waals surface area contributed by atoms with Crippen LogP contribution >= 0.6 is 15.9 Å². The highest BCUT2D eigenvalue weighted by Gasteiger charge is 2.09. The molecule has 0 atom stereocenters. The maximum absolute atomic E-state index is 12.6. The Kier molecular flexibility index (Phi) is 2.95. The van der Waals surface area contributed by atoms with Gasteiger partial charge in [-0.3, -0.25) is 9.36 Å². The van der Waals surface area contributed by atoms with Crippen molar-refractivity contribution in [2.24, 2.45) is 0 Å². The molecule has 0 aliphatic rings. The molecule has 0 amide bonds. The first-order valence-corrected chi connectivity index (χ1v) is 6.70. The number of hydrogen-bond donors (Lipinski definition) is 0. The maximum atomic E-state index is 12.6. The molecule has 3 nitrogen and oxygen atoms in total. The standard InChI is InChI=1S/C15H11BrN2O/c1-10-17-14-8-7-11(16)9-13(14)15(19)18(10)12-5-3-2-4-6-12/h2-9H,1H3. The van der Waals surface area contributed by atoms with E-state index in [1.165, 1.54) is 0 Å². The highest BCUT2D eigenvalue weighted by Crippen LogP contribution is 2.17. The molecule has 19 heavy (non-hydrogen) atoms. The Morgan fingerprint density at radius 1 is 1.11 bits per heavy atom. The van der Waals surface area contributed by atoms with Gasteiger partial charge in [0.25, 0.3) is 5.56 Å². The predicted octanol–water partition coefficient (Wildman–Crippen LogP) is 3.46. The summed E-state index contributed by atoms with van der Waals surface area (Å²) in [4.78, 5) is 17.1. The molecule has 0 unspecified atom stereocenters. The van der Waals surface area contributed by atoms with E-state index >= 15 is 0 Å². The van der Waals surface area contributed by atoms with Gasteiger partial charge in [-0.05, 0) is 37.3 Å². The number of nitrogens with zero attached hydrogens (tertiary/aromatic N) is 2. The molecular weight excluding hydrogens is 304 g/mol. The zero-order chi connectivity index (χ0) is 13.4. The van der Waals surface area contributed by atoms with Gasteiger partial charge >= 0.3 is 0 Å². The summed E-state index contributed by atoms with van der Waals surface area (Å²) in [7, 11) is 0. The second kappa shape index (κ2) is 4.63. The van der Waals surface area contributed by atoms with E-state index in [9.17, 15) is 4.79 Å². The first kappa shape index (κ1) is 12.1. The van der Waals surface area contributed by atoms with Crippen LogP contribution in [0.3, 0.4) is 0 Å². The molecule has 3 rings (SSSR count). The molecule has 0 spiro atoms. The first-order chi connectivity index (χ1) is 9.16. The van der Waals surface area contributed by atoms with Crippen LogP contribution in [0.2, 0.25) is 0 Å². The molecule has 0 N–H and O–H groups in total. The predicted molar refractivity (Wildman–Crippen MR) is 79.8 cm³/mol. The minimum atomic E-state index is -0.0463. The fraction of sp³-hybridized carbons (Fsp3) is 0.0667. The molecule has 0 fully saturated rings. The molecular formula is C15H11BrN2O. The van der Waals surface area contributed by atoms with Crippen molar-refractivity contribution in [1.29, 1.82) is 0 Å². The van der Waals surface area contributed by atoms with E-state index in [1.807, 2.05) is 55.5 Å². The molecule has 1 aromatic heterocycles. The normalized spacial score (nSPS) is 10.8. The lowest BCUT2D eigenvalue weighted by molar-refractivity contribution is 0.895. The topological polar surface area (TPSA) is 34.9 Å². The van der Waals surface area contributed by atoms with Crippen molar-refractivity contribution in [2.45, 2.75) is 6.92 Å². The molecule has 0 radical (unpaired) electrons. The molecule has 2 aromatic carbocycles. The van der Waals surface area contributed by atoms with Crippen LogP contribution in [0.15, 0.2) is 57.8 Å². The van der Waals surface area contributed by atoms with Crippen LogP contribution in [0, 0.1) is 6.92 Å². The summed E-state index contributed by atoms with van der Waals surface area (Å²) in [5.74, 6) is 0.686. The summed E-state index contributed by atoms with van der Waals surface area (Å²) < 4.78 is 2.51. The lowest BCUT2D eigenvalue weighted by atomic mass is 10.2. The Morgan fingerprint density at radius 2 is 1.84 bits per heavy atom. The van der Waals surface area contributed by atoms with Crippen LogP contribution in [-0.2, 0) is 0 Å².